The molecule has 0 atom stereocenters. The second-order valence-corrected chi connectivity index (χ2v) is 4.07. The Hall–Kier alpha value is -1.73. The maximum atomic E-state index is 12.0. The lowest BCUT2D eigenvalue weighted by Gasteiger charge is -2.21. The number of alkyl halides is 3. The highest BCUT2D eigenvalue weighted by molar-refractivity contribution is 5.70. The van der Waals surface area contributed by atoms with E-state index in [2.05, 4.69) is 6.58 Å². The predicted octanol–water partition coefficient (Wildman–Crippen LogP) is 2.82. The molecule has 0 aliphatic carbocycles. The average Bonchev–Trinajstić information content (AvgIpc) is 2.33. The minimum absolute atomic E-state index is 0.0271. The molecule has 1 amide bonds. The maximum absolute atomic E-state index is 12.0. The van der Waals surface area contributed by atoms with E-state index in [1.165, 1.54) is 6.08 Å². The summed E-state index contributed by atoms with van der Waals surface area (Å²) in [6.45, 7) is 3.24. The summed E-state index contributed by atoms with van der Waals surface area (Å²) in [7, 11) is 0. The molecule has 0 aromatic heterocycles. The number of carbonyl (C=O) groups is 2. The molecular formula is C12H18F3NO4. The zero-order valence-corrected chi connectivity index (χ0v) is 11.0. The third-order valence-corrected chi connectivity index (χ3v) is 2.32. The van der Waals surface area contributed by atoms with Gasteiger partial charge in [0, 0.05) is 19.5 Å². The van der Waals surface area contributed by atoms with Crippen LogP contribution in [0.3, 0.4) is 0 Å². The van der Waals surface area contributed by atoms with Crippen LogP contribution >= 0.6 is 0 Å². The molecule has 8 heteroatoms. The van der Waals surface area contributed by atoms with Crippen LogP contribution < -0.4 is 0 Å². The number of carbonyl (C=O) groups excluding carboxylic acids is 1. The highest BCUT2D eigenvalue weighted by Gasteiger charge is 2.26. The summed E-state index contributed by atoms with van der Waals surface area (Å²) in [4.78, 5) is 23.1. The first kappa shape index (κ1) is 18.3. The Kier molecular flexibility index (Phi) is 8.42. The Bertz CT molecular complexity index is 331. The van der Waals surface area contributed by atoms with Gasteiger partial charge in [-0.25, -0.2) is 4.79 Å². The lowest BCUT2D eigenvalue weighted by molar-refractivity contribution is -0.137. The van der Waals surface area contributed by atoms with Crippen LogP contribution in [-0.2, 0) is 9.53 Å². The van der Waals surface area contributed by atoms with E-state index in [4.69, 9.17) is 9.84 Å². The number of unbranched alkanes of at least 4 members (excludes halogenated alkanes) is 1. The summed E-state index contributed by atoms with van der Waals surface area (Å²) < 4.78 is 40.6. The van der Waals surface area contributed by atoms with Crippen LogP contribution in [0.5, 0.6) is 0 Å². The first-order valence-electron chi connectivity index (χ1n) is 6.07. The summed E-state index contributed by atoms with van der Waals surface area (Å²) in [6.07, 6.45) is -4.85. The van der Waals surface area contributed by atoms with Crippen molar-refractivity contribution in [3.05, 3.63) is 12.7 Å². The number of carboxylic acid groups (broad SMARTS) is 1. The smallest absolute Gasteiger partial charge is 0.410 e. The van der Waals surface area contributed by atoms with Crippen molar-refractivity contribution in [2.45, 2.75) is 31.9 Å². The van der Waals surface area contributed by atoms with Crippen LogP contribution in [0.15, 0.2) is 12.7 Å². The third-order valence-electron chi connectivity index (χ3n) is 2.32. The number of hydrogen-bond acceptors (Lipinski definition) is 3. The fourth-order valence-electron chi connectivity index (χ4n) is 1.37. The van der Waals surface area contributed by atoms with Gasteiger partial charge in [0.15, 0.2) is 0 Å². The van der Waals surface area contributed by atoms with Crippen molar-refractivity contribution < 1.29 is 32.6 Å². The number of halogens is 3. The largest absolute Gasteiger partial charge is 0.481 e. The van der Waals surface area contributed by atoms with E-state index in [0.717, 1.165) is 4.90 Å². The highest BCUT2D eigenvalue weighted by Crippen LogP contribution is 2.22. The van der Waals surface area contributed by atoms with E-state index in [1.54, 1.807) is 0 Å². The van der Waals surface area contributed by atoms with Crippen molar-refractivity contribution >= 4 is 12.1 Å². The molecule has 5 nitrogen and oxygen atoms in total. The molecule has 0 aliphatic heterocycles. The Morgan fingerprint density at radius 1 is 1.25 bits per heavy atom. The van der Waals surface area contributed by atoms with Gasteiger partial charge in [0.05, 0.1) is 6.42 Å². The summed E-state index contributed by atoms with van der Waals surface area (Å²) in [5.41, 5.74) is 0. The minimum Gasteiger partial charge on any atom is -0.481 e. The zero-order valence-electron chi connectivity index (χ0n) is 11.0. The van der Waals surface area contributed by atoms with E-state index < -0.39 is 24.7 Å². The van der Waals surface area contributed by atoms with Crippen molar-refractivity contribution in [1.29, 1.82) is 0 Å². The lowest BCUT2D eigenvalue weighted by Crippen LogP contribution is -2.34. The Balaban J connectivity index is 4.19. The van der Waals surface area contributed by atoms with Gasteiger partial charge in [0.25, 0.3) is 0 Å². The predicted molar refractivity (Wildman–Crippen MR) is 65.3 cm³/mol. The van der Waals surface area contributed by atoms with Crippen LogP contribution in [-0.4, -0.2) is 47.9 Å². The quantitative estimate of drug-likeness (QED) is 0.525. The number of ether oxygens (including phenoxy) is 1. The molecule has 0 radical (unpaired) electrons. The zero-order chi connectivity index (χ0) is 15.6. The molecule has 0 spiro atoms. The van der Waals surface area contributed by atoms with Gasteiger partial charge in [-0.2, -0.15) is 13.2 Å². The molecule has 0 bridgehead atoms. The van der Waals surface area contributed by atoms with E-state index in [1.807, 2.05) is 0 Å². The second kappa shape index (κ2) is 9.22. The number of amides is 1. The monoisotopic (exact) mass is 297 g/mol. The first-order valence-corrected chi connectivity index (χ1v) is 6.07. The number of hydrogen-bond donors (Lipinski definition) is 1. The molecule has 0 rings (SSSR count). The molecule has 0 saturated heterocycles. The molecule has 1 N–H and O–H groups in total. The van der Waals surface area contributed by atoms with Gasteiger partial charge in [-0.3, -0.25) is 4.79 Å². The molecule has 0 aromatic rings. The average molecular weight is 297 g/mol. The number of nitrogens with zero attached hydrogens (tertiary/aromatic N) is 1. The van der Waals surface area contributed by atoms with Crippen molar-refractivity contribution in [1.82, 2.24) is 4.90 Å². The Morgan fingerprint density at radius 2 is 1.90 bits per heavy atom. The highest BCUT2D eigenvalue weighted by atomic mass is 19.4. The topological polar surface area (TPSA) is 66.8 Å². The van der Waals surface area contributed by atoms with Crippen molar-refractivity contribution in [3.63, 3.8) is 0 Å². The molecule has 116 valence electrons. The van der Waals surface area contributed by atoms with Crippen LogP contribution in [0, 0.1) is 0 Å². The summed E-state index contributed by atoms with van der Waals surface area (Å²) in [5, 5.41) is 8.55. The van der Waals surface area contributed by atoms with E-state index in [9.17, 15) is 22.8 Å². The molecule has 20 heavy (non-hydrogen) atoms. The normalized spacial score (nSPS) is 10.9. The van der Waals surface area contributed by atoms with Gasteiger partial charge in [-0.05, 0) is 12.8 Å². The van der Waals surface area contributed by atoms with Gasteiger partial charge in [-0.1, -0.05) is 12.7 Å². The first-order chi connectivity index (χ1) is 9.26. The van der Waals surface area contributed by atoms with Gasteiger partial charge >= 0.3 is 18.2 Å². The minimum atomic E-state index is -4.23. The molecular weight excluding hydrogens is 279 g/mol. The van der Waals surface area contributed by atoms with E-state index in [-0.39, 0.29) is 39.0 Å². The summed E-state index contributed by atoms with van der Waals surface area (Å²) in [6, 6.07) is 0. The Morgan fingerprint density at radius 3 is 2.40 bits per heavy atom. The van der Waals surface area contributed by atoms with E-state index >= 15 is 0 Å². The van der Waals surface area contributed by atoms with Crippen LogP contribution in [0.1, 0.15) is 25.7 Å². The van der Waals surface area contributed by atoms with Crippen molar-refractivity contribution in [2.75, 3.05) is 19.7 Å². The fourth-order valence-corrected chi connectivity index (χ4v) is 1.37. The third kappa shape index (κ3) is 10.2. The van der Waals surface area contributed by atoms with E-state index in [0.29, 0.717) is 0 Å². The molecule has 0 aromatic carbocycles. The molecule has 0 aliphatic rings. The van der Waals surface area contributed by atoms with Crippen molar-refractivity contribution in [3.8, 4) is 0 Å². The number of carboxylic acids is 1. The fraction of sp³-hybridized carbons (Fsp3) is 0.667. The second-order valence-electron chi connectivity index (χ2n) is 4.07. The van der Waals surface area contributed by atoms with Gasteiger partial charge in [0.2, 0.25) is 0 Å². The van der Waals surface area contributed by atoms with Crippen molar-refractivity contribution in [2.24, 2.45) is 0 Å². The molecule has 0 saturated carbocycles. The lowest BCUT2D eigenvalue weighted by atomic mass is 10.2. The van der Waals surface area contributed by atoms with Crippen LogP contribution in [0.25, 0.3) is 0 Å². The molecule has 0 unspecified atom stereocenters. The van der Waals surface area contributed by atoms with Gasteiger partial charge in [0.1, 0.15) is 6.61 Å². The number of aliphatic carboxylic acids is 1. The summed E-state index contributed by atoms with van der Waals surface area (Å²) >= 11 is 0. The number of rotatable bonds is 9. The Labute approximate surface area is 115 Å². The van der Waals surface area contributed by atoms with Gasteiger partial charge in [-0.15, -0.1) is 0 Å². The van der Waals surface area contributed by atoms with Crippen LogP contribution in [0.4, 0.5) is 18.0 Å². The van der Waals surface area contributed by atoms with Gasteiger partial charge < -0.3 is 14.7 Å². The molecule has 0 fully saturated rings. The standard InChI is InChI=1S/C12H18F3NO4/c1-2-9-20-11(19)16(8-5-10(17)18)7-4-3-6-12(13,14)15/h2H,1,3-9H2,(H,17,18). The molecule has 0 heterocycles. The summed E-state index contributed by atoms with van der Waals surface area (Å²) in [5.74, 6) is -1.10. The van der Waals surface area contributed by atoms with Crippen LogP contribution in [0.2, 0.25) is 0 Å². The maximum Gasteiger partial charge on any atom is 0.410 e. The SMILES string of the molecule is C=CCOC(=O)N(CCCCC(F)(F)F)CCC(=O)O.